The summed E-state index contributed by atoms with van der Waals surface area (Å²) in [6.07, 6.45) is 2.24. The maximum absolute atomic E-state index is 13.8. The highest BCUT2D eigenvalue weighted by molar-refractivity contribution is 5.27. The van der Waals surface area contributed by atoms with Gasteiger partial charge in [0.15, 0.2) is 0 Å². The van der Waals surface area contributed by atoms with Gasteiger partial charge < -0.3 is 10.5 Å². The van der Waals surface area contributed by atoms with Gasteiger partial charge in [0.25, 0.3) is 0 Å². The Kier molecular flexibility index (Phi) is 5.35. The molecule has 0 spiro atoms. The van der Waals surface area contributed by atoms with Crippen LogP contribution < -0.4 is 5.73 Å². The summed E-state index contributed by atoms with van der Waals surface area (Å²) in [6, 6.07) is 2.77. The average Bonchev–Trinajstić information content (AvgIpc) is 2.28. The van der Waals surface area contributed by atoms with E-state index in [1.807, 2.05) is 0 Å². The molecule has 0 saturated heterocycles. The van der Waals surface area contributed by atoms with Gasteiger partial charge in [0, 0.05) is 12.7 Å². The van der Waals surface area contributed by atoms with Crippen molar-refractivity contribution >= 4 is 0 Å². The predicted molar refractivity (Wildman–Crippen MR) is 59.1 cm³/mol. The Bertz CT molecular complexity index is 342. The number of hydrogen-bond acceptors (Lipinski definition) is 2. The minimum absolute atomic E-state index is 0.00717. The third kappa shape index (κ3) is 3.25. The van der Waals surface area contributed by atoms with Gasteiger partial charge in [0.1, 0.15) is 11.6 Å². The van der Waals surface area contributed by atoms with Crippen LogP contribution in [-0.4, -0.2) is 13.7 Å². The molecule has 90 valence electrons. The number of hydrogen-bond donors (Lipinski definition) is 1. The van der Waals surface area contributed by atoms with Gasteiger partial charge in [-0.25, -0.2) is 8.78 Å². The van der Waals surface area contributed by atoms with E-state index in [0.29, 0.717) is 18.5 Å². The molecule has 1 aromatic rings. The molecule has 0 aromatic heterocycles. The van der Waals surface area contributed by atoms with Gasteiger partial charge in [-0.1, -0.05) is 6.07 Å². The van der Waals surface area contributed by atoms with Crippen LogP contribution in [0.2, 0.25) is 0 Å². The smallest absolute Gasteiger partial charge is 0.134 e. The lowest BCUT2D eigenvalue weighted by Crippen LogP contribution is -2.04. The number of ether oxygens (including phenoxy) is 1. The van der Waals surface area contributed by atoms with Crippen LogP contribution in [0.25, 0.3) is 0 Å². The van der Waals surface area contributed by atoms with E-state index in [4.69, 9.17) is 10.5 Å². The molecule has 2 N–H and O–H groups in total. The van der Waals surface area contributed by atoms with Crippen molar-refractivity contribution in [3.63, 3.8) is 0 Å². The molecule has 1 rings (SSSR count). The Morgan fingerprint density at radius 2 is 2.00 bits per heavy atom. The zero-order valence-electron chi connectivity index (χ0n) is 9.43. The van der Waals surface area contributed by atoms with E-state index >= 15 is 0 Å². The van der Waals surface area contributed by atoms with Crippen molar-refractivity contribution in [3.05, 3.63) is 34.9 Å². The van der Waals surface area contributed by atoms with Gasteiger partial charge in [-0.15, -0.1) is 0 Å². The van der Waals surface area contributed by atoms with Crippen LogP contribution in [0.15, 0.2) is 12.1 Å². The van der Waals surface area contributed by atoms with Crippen LogP contribution in [-0.2, 0) is 17.8 Å². The fourth-order valence-electron chi connectivity index (χ4n) is 1.58. The molecule has 16 heavy (non-hydrogen) atoms. The van der Waals surface area contributed by atoms with E-state index in [2.05, 4.69) is 0 Å². The Morgan fingerprint density at radius 1 is 1.25 bits per heavy atom. The first kappa shape index (κ1) is 13.1. The second-order valence-electron chi connectivity index (χ2n) is 3.68. The van der Waals surface area contributed by atoms with E-state index in [-0.39, 0.29) is 12.2 Å². The van der Waals surface area contributed by atoms with Crippen LogP contribution in [0.1, 0.15) is 24.0 Å². The van der Waals surface area contributed by atoms with Crippen molar-refractivity contribution < 1.29 is 13.5 Å². The third-order valence-corrected chi connectivity index (χ3v) is 2.45. The molecule has 0 aliphatic rings. The standard InChI is InChI=1S/C12H17F2NO/c1-16-8-10-11(13)6-5-9(12(10)14)4-2-3-7-15/h5-6H,2-4,7-8,15H2,1H3. The summed E-state index contributed by atoms with van der Waals surface area (Å²) in [5.41, 5.74) is 5.90. The number of halogens is 2. The fourth-order valence-corrected chi connectivity index (χ4v) is 1.58. The zero-order valence-corrected chi connectivity index (χ0v) is 9.43. The molecule has 0 amide bonds. The second kappa shape index (κ2) is 6.55. The van der Waals surface area contributed by atoms with Gasteiger partial charge in [-0.3, -0.25) is 0 Å². The molecule has 0 saturated carbocycles. The molecule has 2 nitrogen and oxygen atoms in total. The number of methoxy groups -OCH3 is 1. The summed E-state index contributed by atoms with van der Waals surface area (Å²) in [6.45, 7) is 0.552. The minimum Gasteiger partial charge on any atom is -0.380 e. The largest absolute Gasteiger partial charge is 0.380 e. The van der Waals surface area contributed by atoms with E-state index < -0.39 is 11.6 Å². The van der Waals surface area contributed by atoms with E-state index in [0.717, 1.165) is 12.8 Å². The van der Waals surface area contributed by atoms with Gasteiger partial charge in [-0.05, 0) is 37.4 Å². The summed E-state index contributed by atoms with van der Waals surface area (Å²) in [7, 11) is 1.42. The predicted octanol–water partition coefficient (Wildman–Crippen LogP) is 2.39. The third-order valence-electron chi connectivity index (χ3n) is 2.45. The Labute approximate surface area is 94.4 Å². The normalized spacial score (nSPS) is 10.8. The molecule has 4 heteroatoms. The van der Waals surface area contributed by atoms with Crippen LogP contribution in [0.3, 0.4) is 0 Å². The summed E-state index contributed by atoms with van der Waals surface area (Å²) >= 11 is 0. The monoisotopic (exact) mass is 229 g/mol. The SMILES string of the molecule is COCc1c(F)ccc(CCCCN)c1F. The summed E-state index contributed by atoms with van der Waals surface area (Å²) in [5.74, 6) is -1.04. The van der Waals surface area contributed by atoms with Crippen LogP contribution in [0.5, 0.6) is 0 Å². The Balaban J connectivity index is 2.81. The maximum Gasteiger partial charge on any atom is 0.134 e. The van der Waals surface area contributed by atoms with Crippen molar-refractivity contribution in [1.82, 2.24) is 0 Å². The second-order valence-corrected chi connectivity index (χ2v) is 3.68. The molecule has 0 aliphatic carbocycles. The zero-order chi connectivity index (χ0) is 12.0. The number of aryl methyl sites for hydroxylation is 1. The van der Waals surface area contributed by atoms with E-state index in [9.17, 15) is 8.78 Å². The van der Waals surface area contributed by atoms with E-state index in [1.54, 1.807) is 0 Å². The first-order chi connectivity index (χ1) is 7.70. The number of nitrogens with two attached hydrogens (primary N) is 1. The molecule has 0 atom stereocenters. The molecular weight excluding hydrogens is 212 g/mol. The van der Waals surface area contributed by atoms with Crippen molar-refractivity contribution in [2.45, 2.75) is 25.9 Å². The van der Waals surface area contributed by atoms with Crippen LogP contribution in [0.4, 0.5) is 8.78 Å². The fraction of sp³-hybridized carbons (Fsp3) is 0.500. The summed E-state index contributed by atoms with van der Waals surface area (Å²) < 4.78 is 31.8. The van der Waals surface area contributed by atoms with Crippen molar-refractivity contribution in [2.24, 2.45) is 5.73 Å². The summed E-state index contributed by atoms with van der Waals surface area (Å²) in [4.78, 5) is 0. The lowest BCUT2D eigenvalue weighted by Gasteiger charge is -2.08. The molecule has 0 heterocycles. The molecule has 0 bridgehead atoms. The average molecular weight is 229 g/mol. The number of unbranched alkanes of at least 4 members (excludes halogenated alkanes) is 1. The van der Waals surface area contributed by atoms with Crippen LogP contribution in [0, 0.1) is 11.6 Å². The Morgan fingerprint density at radius 3 is 2.62 bits per heavy atom. The molecule has 0 fully saturated rings. The van der Waals surface area contributed by atoms with Gasteiger partial charge >= 0.3 is 0 Å². The quantitative estimate of drug-likeness (QED) is 0.760. The lowest BCUT2D eigenvalue weighted by atomic mass is 10.0. The van der Waals surface area contributed by atoms with Crippen molar-refractivity contribution in [1.29, 1.82) is 0 Å². The summed E-state index contributed by atoms with van der Waals surface area (Å²) in [5, 5.41) is 0. The lowest BCUT2D eigenvalue weighted by molar-refractivity contribution is 0.177. The van der Waals surface area contributed by atoms with Crippen molar-refractivity contribution in [2.75, 3.05) is 13.7 Å². The maximum atomic E-state index is 13.8. The first-order valence-corrected chi connectivity index (χ1v) is 5.35. The highest BCUT2D eigenvalue weighted by atomic mass is 19.1. The van der Waals surface area contributed by atoms with Gasteiger partial charge in [0.05, 0.1) is 6.61 Å². The van der Waals surface area contributed by atoms with Crippen molar-refractivity contribution in [3.8, 4) is 0 Å². The Hall–Kier alpha value is -1.00. The minimum atomic E-state index is -0.554. The molecule has 0 radical (unpaired) electrons. The molecule has 1 aromatic carbocycles. The van der Waals surface area contributed by atoms with Crippen LogP contribution >= 0.6 is 0 Å². The first-order valence-electron chi connectivity index (χ1n) is 5.35. The van der Waals surface area contributed by atoms with Gasteiger partial charge in [-0.2, -0.15) is 0 Å². The van der Waals surface area contributed by atoms with Gasteiger partial charge in [0.2, 0.25) is 0 Å². The highest BCUT2D eigenvalue weighted by Crippen LogP contribution is 2.19. The number of rotatable bonds is 6. The molecule has 0 aliphatic heterocycles. The molecule has 0 unspecified atom stereocenters. The number of benzene rings is 1. The highest BCUT2D eigenvalue weighted by Gasteiger charge is 2.12. The van der Waals surface area contributed by atoms with E-state index in [1.165, 1.54) is 19.2 Å². The molecular formula is C12H17F2NO. The topological polar surface area (TPSA) is 35.2 Å².